The lowest BCUT2D eigenvalue weighted by Gasteiger charge is -2.15. The SMILES string of the molecule is C[C@H](Oc1ccc2ccccc2c1)C1=NCCN1. The van der Waals surface area contributed by atoms with Gasteiger partial charge in [0.1, 0.15) is 11.6 Å². The molecule has 0 fully saturated rings. The number of rotatable bonds is 3. The van der Waals surface area contributed by atoms with Crippen LogP contribution in [0.3, 0.4) is 0 Å². The molecular formula is C15H16N2O. The van der Waals surface area contributed by atoms with Crippen LogP contribution in [0, 0.1) is 0 Å². The Kier molecular flexibility index (Phi) is 2.89. The van der Waals surface area contributed by atoms with Gasteiger partial charge in [0.2, 0.25) is 0 Å². The number of fused-ring (bicyclic) bond motifs is 1. The molecule has 0 saturated heterocycles. The summed E-state index contributed by atoms with van der Waals surface area (Å²) in [5.74, 6) is 1.83. The number of nitrogens with zero attached hydrogens (tertiary/aromatic N) is 1. The van der Waals surface area contributed by atoms with E-state index in [1.165, 1.54) is 10.8 Å². The van der Waals surface area contributed by atoms with Crippen molar-refractivity contribution < 1.29 is 4.74 Å². The van der Waals surface area contributed by atoms with E-state index in [-0.39, 0.29) is 6.10 Å². The molecule has 0 aliphatic carbocycles. The summed E-state index contributed by atoms with van der Waals surface area (Å²) in [6, 6.07) is 14.4. The van der Waals surface area contributed by atoms with Crippen LogP contribution >= 0.6 is 0 Å². The first-order valence-corrected chi connectivity index (χ1v) is 6.26. The summed E-state index contributed by atoms with van der Waals surface area (Å²) in [4.78, 5) is 4.37. The predicted molar refractivity (Wildman–Crippen MR) is 74.3 cm³/mol. The predicted octanol–water partition coefficient (Wildman–Crippen LogP) is 2.61. The van der Waals surface area contributed by atoms with Crippen LogP contribution in [0.2, 0.25) is 0 Å². The van der Waals surface area contributed by atoms with E-state index in [4.69, 9.17) is 4.74 Å². The van der Waals surface area contributed by atoms with Crippen molar-refractivity contribution in [3.8, 4) is 5.75 Å². The van der Waals surface area contributed by atoms with Gasteiger partial charge in [0.15, 0.2) is 6.10 Å². The summed E-state index contributed by atoms with van der Waals surface area (Å²) >= 11 is 0. The van der Waals surface area contributed by atoms with E-state index in [0.29, 0.717) is 0 Å². The molecule has 3 nitrogen and oxygen atoms in total. The van der Waals surface area contributed by atoms with Gasteiger partial charge in [0, 0.05) is 6.54 Å². The van der Waals surface area contributed by atoms with E-state index in [0.717, 1.165) is 24.7 Å². The Morgan fingerprint density at radius 3 is 2.78 bits per heavy atom. The van der Waals surface area contributed by atoms with Gasteiger partial charge in [-0.2, -0.15) is 0 Å². The first-order chi connectivity index (χ1) is 8.83. The number of hydrogen-bond acceptors (Lipinski definition) is 3. The third-order valence-electron chi connectivity index (χ3n) is 3.12. The van der Waals surface area contributed by atoms with Crippen LogP contribution in [-0.2, 0) is 0 Å². The third kappa shape index (κ3) is 2.16. The van der Waals surface area contributed by atoms with Crippen LogP contribution in [0.4, 0.5) is 0 Å². The summed E-state index contributed by atoms with van der Waals surface area (Å²) in [5, 5.41) is 5.67. The van der Waals surface area contributed by atoms with E-state index >= 15 is 0 Å². The standard InChI is InChI=1S/C15H16N2O/c1-11(15-16-8-9-17-15)18-14-7-6-12-4-2-3-5-13(12)10-14/h2-7,10-11H,8-9H2,1H3,(H,16,17)/t11-/m0/s1. The molecule has 18 heavy (non-hydrogen) atoms. The van der Waals surface area contributed by atoms with Crippen molar-refractivity contribution in [2.45, 2.75) is 13.0 Å². The molecule has 3 rings (SSSR count). The molecule has 2 aromatic carbocycles. The number of amidine groups is 1. The van der Waals surface area contributed by atoms with Crippen molar-refractivity contribution in [2.75, 3.05) is 13.1 Å². The van der Waals surface area contributed by atoms with E-state index in [2.05, 4.69) is 34.6 Å². The molecule has 92 valence electrons. The fourth-order valence-corrected chi connectivity index (χ4v) is 2.19. The van der Waals surface area contributed by atoms with Gasteiger partial charge in [-0.15, -0.1) is 0 Å². The van der Waals surface area contributed by atoms with Gasteiger partial charge in [-0.3, -0.25) is 4.99 Å². The average molecular weight is 240 g/mol. The van der Waals surface area contributed by atoms with Gasteiger partial charge in [0.25, 0.3) is 0 Å². The van der Waals surface area contributed by atoms with Crippen LogP contribution in [0.15, 0.2) is 47.5 Å². The Morgan fingerprint density at radius 2 is 2.00 bits per heavy atom. The zero-order valence-corrected chi connectivity index (χ0v) is 10.4. The van der Waals surface area contributed by atoms with Crippen LogP contribution < -0.4 is 10.1 Å². The fraction of sp³-hybridized carbons (Fsp3) is 0.267. The normalized spacial score (nSPS) is 16.2. The third-order valence-corrected chi connectivity index (χ3v) is 3.12. The molecule has 0 unspecified atom stereocenters. The molecule has 1 N–H and O–H groups in total. The first kappa shape index (κ1) is 11.1. The number of hydrogen-bond donors (Lipinski definition) is 1. The van der Waals surface area contributed by atoms with Gasteiger partial charge >= 0.3 is 0 Å². The van der Waals surface area contributed by atoms with Crippen LogP contribution in [0.25, 0.3) is 10.8 Å². The molecule has 0 amide bonds. The van der Waals surface area contributed by atoms with Crippen molar-refractivity contribution in [2.24, 2.45) is 4.99 Å². The maximum absolute atomic E-state index is 5.91. The lowest BCUT2D eigenvalue weighted by molar-refractivity contribution is 0.284. The highest BCUT2D eigenvalue weighted by Gasteiger charge is 2.15. The second-order valence-corrected chi connectivity index (χ2v) is 4.46. The zero-order chi connectivity index (χ0) is 12.4. The number of aliphatic imine (C=N–C) groups is 1. The topological polar surface area (TPSA) is 33.6 Å². The Hall–Kier alpha value is -2.03. The largest absolute Gasteiger partial charge is 0.483 e. The fourth-order valence-electron chi connectivity index (χ4n) is 2.19. The van der Waals surface area contributed by atoms with Crippen molar-refractivity contribution in [1.29, 1.82) is 0 Å². The lowest BCUT2D eigenvalue weighted by Crippen LogP contribution is -2.33. The second kappa shape index (κ2) is 4.69. The molecule has 0 saturated carbocycles. The van der Waals surface area contributed by atoms with E-state index in [1.54, 1.807) is 0 Å². The Bertz CT molecular complexity index is 592. The van der Waals surface area contributed by atoms with Gasteiger partial charge in [-0.25, -0.2) is 0 Å². The number of ether oxygens (including phenoxy) is 1. The van der Waals surface area contributed by atoms with E-state index in [9.17, 15) is 0 Å². The van der Waals surface area contributed by atoms with Crippen molar-refractivity contribution in [1.82, 2.24) is 5.32 Å². The minimum Gasteiger partial charge on any atom is -0.483 e. The van der Waals surface area contributed by atoms with Gasteiger partial charge in [0.05, 0.1) is 6.54 Å². The summed E-state index contributed by atoms with van der Waals surface area (Å²) in [6.45, 7) is 3.79. The van der Waals surface area contributed by atoms with Gasteiger partial charge < -0.3 is 10.1 Å². The Balaban J connectivity index is 1.82. The van der Waals surface area contributed by atoms with E-state index < -0.39 is 0 Å². The van der Waals surface area contributed by atoms with Crippen LogP contribution in [-0.4, -0.2) is 25.0 Å². The highest BCUT2D eigenvalue weighted by atomic mass is 16.5. The highest BCUT2D eigenvalue weighted by molar-refractivity contribution is 5.88. The molecule has 0 radical (unpaired) electrons. The molecule has 1 heterocycles. The molecule has 3 heteroatoms. The molecule has 1 aliphatic heterocycles. The average Bonchev–Trinajstić information content (AvgIpc) is 2.92. The van der Waals surface area contributed by atoms with Crippen LogP contribution in [0.5, 0.6) is 5.75 Å². The molecule has 0 spiro atoms. The highest BCUT2D eigenvalue weighted by Crippen LogP contribution is 2.21. The van der Waals surface area contributed by atoms with Crippen LogP contribution in [0.1, 0.15) is 6.92 Å². The minimum absolute atomic E-state index is 0.0198. The minimum atomic E-state index is -0.0198. The quantitative estimate of drug-likeness (QED) is 0.894. The molecule has 1 aliphatic rings. The maximum atomic E-state index is 5.91. The van der Waals surface area contributed by atoms with Gasteiger partial charge in [-0.05, 0) is 29.8 Å². The monoisotopic (exact) mass is 240 g/mol. The summed E-state index contributed by atoms with van der Waals surface area (Å²) < 4.78 is 5.91. The molecular weight excluding hydrogens is 224 g/mol. The van der Waals surface area contributed by atoms with Gasteiger partial charge in [-0.1, -0.05) is 30.3 Å². The number of benzene rings is 2. The molecule has 1 atom stereocenters. The second-order valence-electron chi connectivity index (χ2n) is 4.46. The first-order valence-electron chi connectivity index (χ1n) is 6.26. The van der Waals surface area contributed by atoms with Crippen molar-refractivity contribution in [3.05, 3.63) is 42.5 Å². The zero-order valence-electron chi connectivity index (χ0n) is 10.4. The smallest absolute Gasteiger partial charge is 0.152 e. The summed E-state index contributed by atoms with van der Waals surface area (Å²) in [7, 11) is 0. The Morgan fingerprint density at radius 1 is 1.17 bits per heavy atom. The lowest BCUT2D eigenvalue weighted by atomic mass is 10.1. The van der Waals surface area contributed by atoms with E-state index in [1.807, 2.05) is 25.1 Å². The van der Waals surface area contributed by atoms with Crippen molar-refractivity contribution >= 4 is 16.6 Å². The number of nitrogens with one attached hydrogen (secondary N) is 1. The van der Waals surface area contributed by atoms with Crippen molar-refractivity contribution in [3.63, 3.8) is 0 Å². The summed E-state index contributed by atoms with van der Waals surface area (Å²) in [6.07, 6.45) is -0.0198. The molecule has 0 aromatic heterocycles. The molecule has 2 aromatic rings. The summed E-state index contributed by atoms with van der Waals surface area (Å²) in [5.41, 5.74) is 0. The molecule has 0 bridgehead atoms. The maximum Gasteiger partial charge on any atom is 0.152 e. The Labute approximate surface area is 106 Å².